The Bertz CT molecular complexity index is 912. The quantitative estimate of drug-likeness (QED) is 0.570. The topological polar surface area (TPSA) is 84.7 Å². The molecule has 1 aliphatic heterocycles. The summed E-state index contributed by atoms with van der Waals surface area (Å²) in [5.41, 5.74) is -0.667. The highest BCUT2D eigenvalue weighted by Crippen LogP contribution is 2.36. The number of benzene rings is 2. The van der Waals surface area contributed by atoms with E-state index in [-0.39, 0.29) is 17.1 Å². The van der Waals surface area contributed by atoms with Gasteiger partial charge in [0.1, 0.15) is 0 Å². The van der Waals surface area contributed by atoms with Crippen LogP contribution >= 0.6 is 0 Å². The van der Waals surface area contributed by atoms with Crippen LogP contribution in [-0.2, 0) is 11.0 Å². The second-order valence-corrected chi connectivity index (χ2v) is 6.49. The molecular weight excluding hydrogens is 391 g/mol. The summed E-state index contributed by atoms with van der Waals surface area (Å²) in [7, 11) is 0. The Labute approximate surface area is 164 Å². The normalized spacial score (nSPS) is 14.0. The Balaban J connectivity index is 1.77. The van der Waals surface area contributed by atoms with Crippen LogP contribution < -0.4 is 15.0 Å². The molecular formula is C19H18F3N3O4. The van der Waals surface area contributed by atoms with Gasteiger partial charge >= 0.3 is 11.9 Å². The molecule has 154 valence electrons. The average molecular weight is 409 g/mol. The van der Waals surface area contributed by atoms with Crippen LogP contribution in [0.1, 0.15) is 18.4 Å². The van der Waals surface area contributed by atoms with Gasteiger partial charge in [-0.1, -0.05) is 12.1 Å². The van der Waals surface area contributed by atoms with E-state index in [4.69, 9.17) is 4.74 Å². The van der Waals surface area contributed by atoms with Gasteiger partial charge in [0.25, 0.3) is 5.91 Å². The number of carbonyl (C=O) groups excluding carboxylic acids is 1. The average Bonchev–Trinajstić information content (AvgIpc) is 3.20. The van der Waals surface area contributed by atoms with Gasteiger partial charge in [0.2, 0.25) is 0 Å². The van der Waals surface area contributed by atoms with E-state index in [1.807, 2.05) is 4.90 Å². The first-order chi connectivity index (χ1) is 13.8. The van der Waals surface area contributed by atoms with E-state index in [1.165, 1.54) is 30.3 Å². The summed E-state index contributed by atoms with van der Waals surface area (Å²) >= 11 is 0. The zero-order valence-electron chi connectivity index (χ0n) is 15.2. The molecule has 1 aliphatic rings. The number of ether oxygens (including phenoxy) is 1. The van der Waals surface area contributed by atoms with Crippen LogP contribution in [0.25, 0.3) is 0 Å². The molecule has 0 radical (unpaired) electrons. The summed E-state index contributed by atoms with van der Waals surface area (Å²) in [6, 6.07) is 8.74. The standard InChI is InChI=1S/C19H18F3N3O4/c20-19(21,22)13-7-8-15(24-9-3-4-10-24)14(11-13)23-18(26)12-29-17-6-2-1-5-16(17)25(27)28/h1-2,5-8,11H,3-4,9-10,12H2,(H,23,26). The minimum absolute atomic E-state index is 0.0258. The minimum atomic E-state index is -4.55. The third-order valence-electron chi connectivity index (χ3n) is 4.47. The van der Waals surface area contributed by atoms with Gasteiger partial charge in [0, 0.05) is 19.2 Å². The molecule has 0 atom stereocenters. The van der Waals surface area contributed by atoms with Crippen molar-refractivity contribution in [1.29, 1.82) is 0 Å². The Hall–Kier alpha value is -3.30. The van der Waals surface area contributed by atoms with Crippen molar-refractivity contribution in [2.75, 3.05) is 29.9 Å². The summed E-state index contributed by atoms with van der Waals surface area (Å²) in [5, 5.41) is 13.4. The van der Waals surface area contributed by atoms with E-state index in [9.17, 15) is 28.1 Å². The van der Waals surface area contributed by atoms with Crippen molar-refractivity contribution in [3.8, 4) is 5.75 Å². The van der Waals surface area contributed by atoms with Crippen molar-refractivity contribution >= 4 is 23.0 Å². The molecule has 0 saturated carbocycles. The van der Waals surface area contributed by atoms with E-state index in [2.05, 4.69) is 5.32 Å². The highest BCUT2D eigenvalue weighted by molar-refractivity contribution is 5.95. The lowest BCUT2D eigenvalue weighted by molar-refractivity contribution is -0.385. The Morgan fingerprint density at radius 2 is 1.86 bits per heavy atom. The van der Waals surface area contributed by atoms with Crippen LogP contribution in [-0.4, -0.2) is 30.5 Å². The SMILES string of the molecule is O=C(COc1ccccc1[N+](=O)[O-])Nc1cc(C(F)(F)F)ccc1N1CCCC1. The monoisotopic (exact) mass is 409 g/mol. The van der Waals surface area contributed by atoms with Crippen molar-refractivity contribution < 1.29 is 27.6 Å². The number of carbonyl (C=O) groups is 1. The molecule has 0 aromatic heterocycles. The van der Waals surface area contributed by atoms with E-state index in [1.54, 1.807) is 0 Å². The van der Waals surface area contributed by atoms with Gasteiger partial charge in [-0.3, -0.25) is 14.9 Å². The molecule has 2 aromatic rings. The Morgan fingerprint density at radius 1 is 1.17 bits per heavy atom. The first-order valence-electron chi connectivity index (χ1n) is 8.88. The van der Waals surface area contributed by atoms with Crippen molar-refractivity contribution in [3.63, 3.8) is 0 Å². The number of nitro benzene ring substituents is 1. The molecule has 1 saturated heterocycles. The van der Waals surface area contributed by atoms with E-state index in [0.717, 1.165) is 25.0 Å². The maximum atomic E-state index is 13.1. The van der Waals surface area contributed by atoms with E-state index < -0.39 is 29.2 Å². The fourth-order valence-electron chi connectivity index (χ4n) is 3.11. The summed E-state index contributed by atoms with van der Waals surface area (Å²) in [6.07, 6.45) is -2.73. The third kappa shape index (κ3) is 4.95. The summed E-state index contributed by atoms with van der Waals surface area (Å²) < 4.78 is 44.5. The zero-order chi connectivity index (χ0) is 21.0. The molecule has 1 amide bonds. The maximum Gasteiger partial charge on any atom is 0.416 e. The van der Waals surface area contributed by atoms with Crippen LogP contribution in [0, 0.1) is 10.1 Å². The minimum Gasteiger partial charge on any atom is -0.477 e. The van der Waals surface area contributed by atoms with Gasteiger partial charge in [-0.25, -0.2) is 0 Å². The van der Waals surface area contributed by atoms with Gasteiger partial charge < -0.3 is 15.0 Å². The number of halogens is 3. The van der Waals surface area contributed by atoms with Gasteiger partial charge in [0.05, 0.1) is 21.9 Å². The second-order valence-electron chi connectivity index (χ2n) is 6.49. The van der Waals surface area contributed by atoms with Gasteiger partial charge in [0.15, 0.2) is 12.4 Å². The molecule has 1 heterocycles. The number of anilines is 2. The van der Waals surface area contributed by atoms with Crippen LogP contribution in [0.4, 0.5) is 30.2 Å². The van der Waals surface area contributed by atoms with Crippen LogP contribution in [0.3, 0.4) is 0 Å². The molecule has 1 fully saturated rings. The third-order valence-corrected chi connectivity index (χ3v) is 4.47. The largest absolute Gasteiger partial charge is 0.477 e. The van der Waals surface area contributed by atoms with Gasteiger partial charge in [-0.2, -0.15) is 13.2 Å². The van der Waals surface area contributed by atoms with Crippen LogP contribution in [0.5, 0.6) is 5.75 Å². The maximum absolute atomic E-state index is 13.1. The lowest BCUT2D eigenvalue weighted by Crippen LogP contribution is -2.24. The molecule has 2 aromatic carbocycles. The zero-order valence-corrected chi connectivity index (χ0v) is 15.2. The number of amides is 1. The van der Waals surface area contributed by atoms with Crippen LogP contribution in [0.15, 0.2) is 42.5 Å². The number of alkyl halides is 3. The van der Waals surface area contributed by atoms with E-state index in [0.29, 0.717) is 18.8 Å². The predicted octanol–water partition coefficient (Wildman–Crippen LogP) is 4.23. The molecule has 0 unspecified atom stereocenters. The number of rotatable bonds is 6. The molecule has 7 nitrogen and oxygen atoms in total. The number of hydrogen-bond acceptors (Lipinski definition) is 5. The van der Waals surface area contributed by atoms with Gasteiger partial charge in [-0.15, -0.1) is 0 Å². The number of nitro groups is 1. The Morgan fingerprint density at radius 3 is 2.52 bits per heavy atom. The highest BCUT2D eigenvalue weighted by atomic mass is 19.4. The first kappa shape index (κ1) is 20.4. The molecule has 0 bridgehead atoms. The first-order valence-corrected chi connectivity index (χ1v) is 8.88. The lowest BCUT2D eigenvalue weighted by atomic mass is 10.1. The molecule has 10 heteroatoms. The number of nitrogens with one attached hydrogen (secondary N) is 1. The van der Waals surface area contributed by atoms with Gasteiger partial charge in [-0.05, 0) is 37.1 Å². The predicted molar refractivity (Wildman–Crippen MR) is 100 cm³/mol. The molecule has 1 N–H and O–H groups in total. The fraction of sp³-hybridized carbons (Fsp3) is 0.316. The molecule has 0 spiro atoms. The highest BCUT2D eigenvalue weighted by Gasteiger charge is 2.32. The summed E-state index contributed by atoms with van der Waals surface area (Å²) in [6.45, 7) is 0.780. The number of para-hydroxylation sites is 2. The number of nitrogens with zero attached hydrogens (tertiary/aromatic N) is 2. The fourth-order valence-corrected chi connectivity index (χ4v) is 3.11. The van der Waals surface area contributed by atoms with Crippen molar-refractivity contribution in [2.45, 2.75) is 19.0 Å². The van der Waals surface area contributed by atoms with E-state index >= 15 is 0 Å². The smallest absolute Gasteiger partial charge is 0.416 e. The van der Waals surface area contributed by atoms with Crippen molar-refractivity contribution in [3.05, 3.63) is 58.1 Å². The lowest BCUT2D eigenvalue weighted by Gasteiger charge is -2.23. The molecule has 0 aliphatic carbocycles. The van der Waals surface area contributed by atoms with Crippen molar-refractivity contribution in [1.82, 2.24) is 0 Å². The molecule has 3 rings (SSSR count). The Kier molecular flexibility index (Phi) is 5.90. The summed E-state index contributed by atoms with van der Waals surface area (Å²) in [4.78, 5) is 24.5. The second kappa shape index (κ2) is 8.38. The van der Waals surface area contributed by atoms with Crippen molar-refractivity contribution in [2.24, 2.45) is 0 Å². The molecule has 29 heavy (non-hydrogen) atoms. The van der Waals surface area contributed by atoms with Crippen LogP contribution in [0.2, 0.25) is 0 Å². The number of hydrogen-bond donors (Lipinski definition) is 1. The summed E-state index contributed by atoms with van der Waals surface area (Å²) in [5.74, 6) is -0.820.